The van der Waals surface area contributed by atoms with Crippen LogP contribution in [0, 0.1) is 11.3 Å². The third-order valence-corrected chi connectivity index (χ3v) is 4.08. The van der Waals surface area contributed by atoms with E-state index in [0.29, 0.717) is 29.3 Å². The number of nitriles is 1. The Bertz CT molecular complexity index is 1060. The molecule has 2 aromatic carbocycles. The van der Waals surface area contributed by atoms with Crippen LogP contribution in [0.15, 0.2) is 54.7 Å². The average molecular weight is 389 g/mol. The fourth-order valence-corrected chi connectivity index (χ4v) is 2.62. The lowest BCUT2D eigenvalue weighted by molar-refractivity contribution is 0.0946. The maximum Gasteiger partial charge on any atom is 0.270 e. The number of hydrogen-bond acceptors (Lipinski definition) is 7. The van der Waals surface area contributed by atoms with Gasteiger partial charge in [0.05, 0.1) is 25.5 Å². The van der Waals surface area contributed by atoms with Gasteiger partial charge in [0, 0.05) is 12.7 Å². The van der Waals surface area contributed by atoms with E-state index in [-0.39, 0.29) is 17.5 Å². The van der Waals surface area contributed by atoms with Gasteiger partial charge in [0.2, 0.25) is 5.95 Å². The van der Waals surface area contributed by atoms with Crippen LogP contribution in [-0.2, 0) is 6.54 Å². The van der Waals surface area contributed by atoms with Crippen molar-refractivity contribution in [3.63, 3.8) is 0 Å². The Labute approximate surface area is 168 Å². The second kappa shape index (κ2) is 9.19. The number of ether oxygens (including phenoxy) is 2. The first kappa shape index (κ1) is 19.6. The van der Waals surface area contributed by atoms with E-state index in [4.69, 9.17) is 9.47 Å². The molecule has 0 radical (unpaired) electrons. The summed E-state index contributed by atoms with van der Waals surface area (Å²) in [6, 6.07) is 16.0. The first-order valence-corrected chi connectivity index (χ1v) is 8.73. The number of amides is 1. The molecule has 0 aliphatic carbocycles. The molecule has 0 bridgehead atoms. The van der Waals surface area contributed by atoms with Gasteiger partial charge in [-0.3, -0.25) is 4.79 Å². The van der Waals surface area contributed by atoms with Crippen molar-refractivity contribution in [2.45, 2.75) is 6.54 Å². The fourth-order valence-electron chi connectivity index (χ4n) is 2.62. The number of carbonyl (C=O) groups is 1. The lowest BCUT2D eigenvalue weighted by Crippen LogP contribution is -2.24. The van der Waals surface area contributed by atoms with Crippen molar-refractivity contribution in [3.05, 3.63) is 71.5 Å². The molecule has 3 rings (SSSR count). The van der Waals surface area contributed by atoms with Gasteiger partial charge in [0.15, 0.2) is 11.5 Å². The highest BCUT2D eigenvalue weighted by Crippen LogP contribution is 2.27. The third-order valence-electron chi connectivity index (χ3n) is 4.08. The van der Waals surface area contributed by atoms with Crippen molar-refractivity contribution >= 4 is 17.5 Å². The summed E-state index contributed by atoms with van der Waals surface area (Å²) in [6.07, 6.45) is 1.48. The molecule has 0 aliphatic heterocycles. The summed E-state index contributed by atoms with van der Waals surface area (Å²) in [7, 11) is 3.12. The monoisotopic (exact) mass is 389 g/mol. The highest BCUT2D eigenvalue weighted by molar-refractivity contribution is 5.92. The van der Waals surface area contributed by atoms with E-state index < -0.39 is 0 Å². The zero-order valence-corrected chi connectivity index (χ0v) is 16.0. The van der Waals surface area contributed by atoms with E-state index in [1.807, 2.05) is 6.07 Å². The minimum absolute atomic E-state index is 0.206. The number of benzene rings is 2. The fraction of sp³-hybridized carbons (Fsp3) is 0.143. The maximum absolute atomic E-state index is 12.5. The SMILES string of the molecule is COc1ccc(CNC(=O)c2ccnc(Nc3ccccc3C#N)n2)cc1OC. The van der Waals surface area contributed by atoms with Crippen molar-refractivity contribution in [3.8, 4) is 17.6 Å². The lowest BCUT2D eigenvalue weighted by Gasteiger charge is -2.11. The largest absolute Gasteiger partial charge is 0.493 e. The maximum atomic E-state index is 12.5. The Morgan fingerprint density at radius 3 is 2.66 bits per heavy atom. The van der Waals surface area contributed by atoms with E-state index >= 15 is 0 Å². The van der Waals surface area contributed by atoms with Gasteiger partial charge in [0.25, 0.3) is 5.91 Å². The Morgan fingerprint density at radius 2 is 1.90 bits per heavy atom. The summed E-state index contributed by atoms with van der Waals surface area (Å²) in [6.45, 7) is 0.295. The van der Waals surface area contributed by atoms with E-state index in [2.05, 4.69) is 26.7 Å². The van der Waals surface area contributed by atoms with E-state index in [1.165, 1.54) is 12.3 Å². The van der Waals surface area contributed by atoms with Gasteiger partial charge in [-0.15, -0.1) is 0 Å². The number of carbonyl (C=O) groups excluding carboxylic acids is 1. The van der Waals surface area contributed by atoms with Crippen LogP contribution in [0.5, 0.6) is 11.5 Å². The highest BCUT2D eigenvalue weighted by atomic mass is 16.5. The summed E-state index contributed by atoms with van der Waals surface area (Å²) in [4.78, 5) is 20.8. The highest BCUT2D eigenvalue weighted by Gasteiger charge is 2.11. The van der Waals surface area contributed by atoms with Gasteiger partial charge in [0.1, 0.15) is 11.8 Å². The number of rotatable bonds is 7. The zero-order valence-electron chi connectivity index (χ0n) is 16.0. The molecule has 8 heteroatoms. The smallest absolute Gasteiger partial charge is 0.270 e. The molecule has 0 atom stereocenters. The number of anilines is 2. The summed E-state index contributed by atoms with van der Waals surface area (Å²) in [5.41, 5.74) is 2.08. The van der Waals surface area contributed by atoms with Gasteiger partial charge < -0.3 is 20.1 Å². The summed E-state index contributed by atoms with van der Waals surface area (Å²) >= 11 is 0. The number of aromatic nitrogens is 2. The Hall–Kier alpha value is -4.12. The standard InChI is InChI=1S/C21H19N5O3/c1-28-18-8-7-14(11-19(18)29-2)13-24-20(27)17-9-10-23-21(26-17)25-16-6-4-3-5-15(16)12-22/h3-11H,13H2,1-2H3,(H,24,27)(H,23,25,26). The van der Waals surface area contributed by atoms with Crippen LogP contribution in [-0.4, -0.2) is 30.1 Å². The van der Waals surface area contributed by atoms with E-state index in [0.717, 1.165) is 5.56 Å². The second-order valence-corrected chi connectivity index (χ2v) is 5.92. The molecule has 0 saturated carbocycles. The lowest BCUT2D eigenvalue weighted by atomic mass is 10.2. The quantitative estimate of drug-likeness (QED) is 0.639. The van der Waals surface area contributed by atoms with Crippen molar-refractivity contribution in [1.82, 2.24) is 15.3 Å². The number of nitrogens with one attached hydrogen (secondary N) is 2. The first-order valence-electron chi connectivity index (χ1n) is 8.73. The molecule has 1 heterocycles. The van der Waals surface area contributed by atoms with Crippen molar-refractivity contribution in [1.29, 1.82) is 5.26 Å². The normalized spacial score (nSPS) is 9.97. The predicted octanol–water partition coefficient (Wildman–Crippen LogP) is 3.04. The van der Waals surface area contributed by atoms with Gasteiger partial charge in [-0.1, -0.05) is 18.2 Å². The van der Waals surface area contributed by atoms with Crippen LogP contribution < -0.4 is 20.1 Å². The first-order chi connectivity index (χ1) is 14.1. The van der Waals surface area contributed by atoms with Crippen LogP contribution in [0.4, 0.5) is 11.6 Å². The average Bonchev–Trinajstić information content (AvgIpc) is 2.77. The van der Waals surface area contributed by atoms with Crippen molar-refractivity contribution < 1.29 is 14.3 Å². The molecule has 3 aromatic rings. The molecule has 1 amide bonds. The molecule has 0 spiro atoms. The summed E-state index contributed by atoms with van der Waals surface area (Å²) < 4.78 is 10.5. The predicted molar refractivity (Wildman–Crippen MR) is 107 cm³/mol. The number of hydrogen-bond donors (Lipinski definition) is 2. The number of para-hydroxylation sites is 1. The van der Waals surface area contributed by atoms with Crippen LogP contribution in [0.1, 0.15) is 21.6 Å². The van der Waals surface area contributed by atoms with E-state index in [9.17, 15) is 10.1 Å². The van der Waals surface area contributed by atoms with E-state index in [1.54, 1.807) is 50.6 Å². The molecule has 2 N–H and O–H groups in total. The van der Waals surface area contributed by atoms with Crippen LogP contribution in [0.2, 0.25) is 0 Å². The molecule has 1 aromatic heterocycles. The minimum Gasteiger partial charge on any atom is -0.493 e. The summed E-state index contributed by atoms with van der Waals surface area (Å²) in [5.74, 6) is 1.08. The molecular weight excluding hydrogens is 370 g/mol. The Balaban J connectivity index is 1.69. The van der Waals surface area contributed by atoms with Gasteiger partial charge >= 0.3 is 0 Å². The van der Waals surface area contributed by atoms with Crippen molar-refractivity contribution in [2.75, 3.05) is 19.5 Å². The zero-order chi connectivity index (χ0) is 20.6. The van der Waals surface area contributed by atoms with Crippen LogP contribution in [0.25, 0.3) is 0 Å². The molecule has 0 saturated heterocycles. The van der Waals surface area contributed by atoms with Gasteiger partial charge in [-0.05, 0) is 35.9 Å². The third kappa shape index (κ3) is 4.78. The van der Waals surface area contributed by atoms with Crippen LogP contribution >= 0.6 is 0 Å². The molecule has 8 nitrogen and oxygen atoms in total. The molecular formula is C21H19N5O3. The van der Waals surface area contributed by atoms with Crippen LogP contribution in [0.3, 0.4) is 0 Å². The van der Waals surface area contributed by atoms with Gasteiger partial charge in [-0.25, -0.2) is 9.97 Å². The second-order valence-electron chi connectivity index (χ2n) is 5.92. The molecule has 29 heavy (non-hydrogen) atoms. The molecule has 0 unspecified atom stereocenters. The number of nitrogens with zero attached hydrogens (tertiary/aromatic N) is 3. The molecule has 0 fully saturated rings. The minimum atomic E-state index is -0.348. The molecule has 0 aliphatic rings. The Morgan fingerprint density at radius 1 is 1.10 bits per heavy atom. The van der Waals surface area contributed by atoms with Gasteiger partial charge in [-0.2, -0.15) is 5.26 Å². The topological polar surface area (TPSA) is 109 Å². The number of methoxy groups -OCH3 is 2. The van der Waals surface area contributed by atoms with Crippen molar-refractivity contribution in [2.24, 2.45) is 0 Å². The molecule has 146 valence electrons. The summed E-state index contributed by atoms with van der Waals surface area (Å²) in [5, 5.41) is 15.0. The Kier molecular flexibility index (Phi) is 6.22.